The molecule has 0 heterocycles. The number of hydrogen-bond donors (Lipinski definition) is 1. The van der Waals surface area contributed by atoms with Gasteiger partial charge in [-0.3, -0.25) is 0 Å². The van der Waals surface area contributed by atoms with E-state index in [9.17, 15) is 13.2 Å². The summed E-state index contributed by atoms with van der Waals surface area (Å²) in [7, 11) is 0. The van der Waals surface area contributed by atoms with Crippen LogP contribution in [-0.2, 0) is 0 Å². The minimum Gasteiger partial charge on any atom is -0.315 e. The predicted molar refractivity (Wildman–Crippen MR) is 62.9 cm³/mol. The molecule has 1 nitrogen and oxygen atoms in total. The predicted octanol–water partition coefficient (Wildman–Crippen LogP) is 3.59. The Morgan fingerprint density at radius 2 is 1.88 bits per heavy atom. The van der Waals surface area contributed by atoms with Crippen LogP contribution >= 0.6 is 11.8 Å². The monoisotopic (exact) mass is 255 g/mol. The van der Waals surface area contributed by atoms with Crippen molar-refractivity contribution in [1.82, 2.24) is 5.32 Å². The van der Waals surface area contributed by atoms with Crippen molar-refractivity contribution < 1.29 is 13.2 Å². The highest BCUT2D eigenvalue weighted by Gasteiger charge is 2.32. The minimum atomic E-state index is -4.01. The van der Waals surface area contributed by atoms with Crippen LogP contribution in [0, 0.1) is 0 Å². The lowest BCUT2D eigenvalue weighted by molar-refractivity contribution is -0.135. The third-order valence-electron chi connectivity index (χ3n) is 3.21. The number of alkyl halides is 3. The van der Waals surface area contributed by atoms with Gasteiger partial charge in [0.1, 0.15) is 0 Å². The van der Waals surface area contributed by atoms with Crippen molar-refractivity contribution in [3.05, 3.63) is 0 Å². The number of rotatable bonds is 6. The van der Waals surface area contributed by atoms with Crippen LogP contribution in [-0.4, -0.2) is 30.3 Å². The highest BCUT2D eigenvalue weighted by Crippen LogP contribution is 2.39. The Labute approximate surface area is 99.6 Å². The van der Waals surface area contributed by atoms with Gasteiger partial charge < -0.3 is 5.32 Å². The van der Waals surface area contributed by atoms with Crippen LogP contribution in [0.25, 0.3) is 0 Å². The molecule has 1 fully saturated rings. The smallest absolute Gasteiger partial charge is 0.315 e. The van der Waals surface area contributed by atoms with Gasteiger partial charge in [0, 0.05) is 17.7 Å². The van der Waals surface area contributed by atoms with Crippen molar-refractivity contribution in [2.45, 2.75) is 49.4 Å². The number of hydrogen-bond acceptors (Lipinski definition) is 2. The molecular weight excluding hydrogens is 235 g/mol. The first-order valence-corrected chi connectivity index (χ1v) is 7.03. The maximum absolute atomic E-state index is 11.9. The second kappa shape index (κ2) is 6.15. The summed E-state index contributed by atoms with van der Waals surface area (Å²) in [5.74, 6) is 0. The molecular formula is C11H20F3NS. The average molecular weight is 255 g/mol. The molecule has 16 heavy (non-hydrogen) atoms. The lowest BCUT2D eigenvalue weighted by atomic mass is 10.1. The summed E-state index contributed by atoms with van der Waals surface area (Å²) >= 11 is 1.86. The van der Waals surface area contributed by atoms with Gasteiger partial charge >= 0.3 is 6.18 Å². The van der Waals surface area contributed by atoms with Gasteiger partial charge in [0.15, 0.2) is 0 Å². The quantitative estimate of drug-likeness (QED) is 0.728. The largest absolute Gasteiger partial charge is 0.389 e. The maximum Gasteiger partial charge on any atom is 0.389 e. The zero-order valence-electron chi connectivity index (χ0n) is 9.70. The zero-order chi connectivity index (χ0) is 12.1. The van der Waals surface area contributed by atoms with Crippen LogP contribution in [0.3, 0.4) is 0 Å². The summed E-state index contributed by atoms with van der Waals surface area (Å²) in [5.41, 5.74) is 0. The van der Waals surface area contributed by atoms with Crippen LogP contribution in [0.15, 0.2) is 0 Å². The highest BCUT2D eigenvalue weighted by molar-refractivity contribution is 8.00. The lowest BCUT2D eigenvalue weighted by Gasteiger charge is -2.27. The SMILES string of the molecule is CSC1(CNCCCC(F)(F)F)CCCC1. The van der Waals surface area contributed by atoms with E-state index >= 15 is 0 Å². The van der Waals surface area contributed by atoms with E-state index in [1.165, 1.54) is 25.7 Å². The minimum absolute atomic E-state index is 0.188. The van der Waals surface area contributed by atoms with E-state index in [1.54, 1.807) is 0 Å². The summed E-state index contributed by atoms with van der Waals surface area (Å²) in [4.78, 5) is 0. The normalized spacial score (nSPS) is 20.2. The van der Waals surface area contributed by atoms with Gasteiger partial charge in [0.25, 0.3) is 0 Å². The molecule has 0 aromatic carbocycles. The topological polar surface area (TPSA) is 12.0 Å². The summed E-state index contributed by atoms with van der Waals surface area (Å²) in [6, 6.07) is 0. The second-order valence-corrected chi connectivity index (χ2v) is 5.76. The molecule has 1 rings (SSSR count). The lowest BCUT2D eigenvalue weighted by Crippen LogP contribution is -2.35. The van der Waals surface area contributed by atoms with Gasteiger partial charge in [-0.1, -0.05) is 12.8 Å². The number of nitrogens with one attached hydrogen (secondary N) is 1. The summed E-state index contributed by atoms with van der Waals surface area (Å²) in [5, 5.41) is 3.17. The third kappa shape index (κ3) is 4.95. The van der Waals surface area contributed by atoms with Gasteiger partial charge in [-0.2, -0.15) is 24.9 Å². The van der Waals surface area contributed by atoms with Crippen molar-refractivity contribution in [2.24, 2.45) is 0 Å². The van der Waals surface area contributed by atoms with Crippen LogP contribution in [0.5, 0.6) is 0 Å². The molecule has 0 aliphatic heterocycles. The fraction of sp³-hybridized carbons (Fsp3) is 1.00. The molecule has 0 aromatic heterocycles. The van der Waals surface area contributed by atoms with Gasteiger partial charge in [0.05, 0.1) is 0 Å². The van der Waals surface area contributed by atoms with E-state index in [2.05, 4.69) is 11.6 Å². The fourth-order valence-electron chi connectivity index (χ4n) is 2.20. The van der Waals surface area contributed by atoms with Gasteiger partial charge in [-0.25, -0.2) is 0 Å². The molecule has 0 amide bonds. The van der Waals surface area contributed by atoms with E-state index in [0.29, 0.717) is 6.54 Å². The summed E-state index contributed by atoms with van der Waals surface area (Å²) < 4.78 is 36.0. The van der Waals surface area contributed by atoms with E-state index in [4.69, 9.17) is 0 Å². The third-order valence-corrected chi connectivity index (χ3v) is 4.63. The Balaban J connectivity index is 2.10. The van der Waals surface area contributed by atoms with Crippen LogP contribution in [0.1, 0.15) is 38.5 Å². The molecule has 1 N–H and O–H groups in total. The molecule has 1 aliphatic rings. The summed E-state index contributed by atoms with van der Waals surface area (Å²) in [6.45, 7) is 1.33. The van der Waals surface area contributed by atoms with E-state index < -0.39 is 12.6 Å². The first-order chi connectivity index (χ1) is 7.47. The molecule has 0 radical (unpaired) electrons. The second-order valence-electron chi connectivity index (χ2n) is 4.49. The Morgan fingerprint density at radius 1 is 1.25 bits per heavy atom. The van der Waals surface area contributed by atoms with Crippen LogP contribution in [0.4, 0.5) is 13.2 Å². The van der Waals surface area contributed by atoms with Crippen molar-refractivity contribution in [3.63, 3.8) is 0 Å². The molecule has 96 valence electrons. The molecule has 1 aliphatic carbocycles. The van der Waals surface area contributed by atoms with Gasteiger partial charge in [0.2, 0.25) is 0 Å². The molecule has 0 spiro atoms. The van der Waals surface area contributed by atoms with Crippen LogP contribution < -0.4 is 5.32 Å². The number of halogens is 3. The molecule has 1 saturated carbocycles. The standard InChI is InChI=1S/C11H20F3NS/c1-16-10(5-2-3-6-10)9-15-8-4-7-11(12,13)14/h15H,2-9H2,1H3. The van der Waals surface area contributed by atoms with Crippen molar-refractivity contribution in [1.29, 1.82) is 0 Å². The van der Waals surface area contributed by atoms with E-state index in [1.807, 2.05) is 11.8 Å². The average Bonchev–Trinajstić information content (AvgIpc) is 2.65. The Kier molecular flexibility index (Phi) is 5.44. The fourth-order valence-corrected chi connectivity index (χ4v) is 3.15. The first kappa shape index (κ1) is 14.2. The highest BCUT2D eigenvalue weighted by atomic mass is 32.2. The van der Waals surface area contributed by atoms with Crippen molar-refractivity contribution in [2.75, 3.05) is 19.3 Å². The van der Waals surface area contributed by atoms with E-state index in [-0.39, 0.29) is 11.2 Å². The Hall–Kier alpha value is 0.100. The maximum atomic E-state index is 11.9. The van der Waals surface area contributed by atoms with Gasteiger partial charge in [-0.05, 0) is 32.1 Å². The Bertz CT molecular complexity index is 200. The van der Waals surface area contributed by atoms with Gasteiger partial charge in [-0.15, -0.1) is 0 Å². The molecule has 0 bridgehead atoms. The zero-order valence-corrected chi connectivity index (χ0v) is 10.5. The van der Waals surface area contributed by atoms with E-state index in [0.717, 1.165) is 6.54 Å². The number of thioether (sulfide) groups is 1. The molecule has 0 atom stereocenters. The molecule has 0 aromatic rings. The molecule has 0 saturated heterocycles. The Morgan fingerprint density at radius 3 is 2.38 bits per heavy atom. The molecule has 5 heteroatoms. The molecule has 0 unspecified atom stereocenters. The van der Waals surface area contributed by atoms with Crippen molar-refractivity contribution in [3.8, 4) is 0 Å². The van der Waals surface area contributed by atoms with Crippen LogP contribution in [0.2, 0.25) is 0 Å². The summed E-state index contributed by atoms with van der Waals surface area (Å²) in [6.07, 6.45) is 2.51. The first-order valence-electron chi connectivity index (χ1n) is 5.80. The van der Waals surface area contributed by atoms with Crippen molar-refractivity contribution >= 4 is 11.8 Å².